The van der Waals surface area contributed by atoms with Crippen LogP contribution in [0.15, 0.2) is 29.7 Å². The van der Waals surface area contributed by atoms with Crippen molar-refractivity contribution in [2.75, 3.05) is 6.54 Å². The molecule has 1 rings (SSSR count). The summed E-state index contributed by atoms with van der Waals surface area (Å²) in [5.74, 6) is -0.00293. The molecule has 82 valence electrons. The molecule has 0 aromatic carbocycles. The number of aromatic nitrogens is 1. The average Bonchev–Trinajstić information content (AvgIpc) is 2.29. The zero-order valence-electron chi connectivity index (χ0n) is 9.00. The molecule has 5 nitrogen and oxygen atoms in total. The second kappa shape index (κ2) is 6.37. The summed E-state index contributed by atoms with van der Waals surface area (Å²) >= 11 is 0. The Kier molecular flexibility index (Phi) is 4.76. The number of hydrogen-bond acceptors (Lipinski definition) is 3. The van der Waals surface area contributed by atoms with Gasteiger partial charge >= 0.3 is 0 Å². The van der Waals surface area contributed by atoms with Gasteiger partial charge in [0.25, 0.3) is 0 Å². The summed E-state index contributed by atoms with van der Waals surface area (Å²) in [6, 6.07) is 1.78. The molecule has 0 spiro atoms. The molecule has 0 aliphatic heterocycles. The van der Waals surface area contributed by atoms with E-state index in [4.69, 9.17) is 5.53 Å². The van der Waals surface area contributed by atoms with Gasteiger partial charge in [-0.2, -0.15) is 0 Å². The summed E-state index contributed by atoms with van der Waals surface area (Å²) in [5.41, 5.74) is 9.53. The van der Waals surface area contributed by atoms with Crippen molar-refractivity contribution >= 4 is 11.9 Å². The summed E-state index contributed by atoms with van der Waals surface area (Å²) in [6.07, 6.45) is 7.63. The van der Waals surface area contributed by atoms with Crippen LogP contribution in [0.4, 0.5) is 0 Å². The van der Waals surface area contributed by atoms with Crippen molar-refractivity contribution in [1.82, 2.24) is 4.98 Å². The number of hydrogen-bond donors (Lipinski definition) is 0. The Morgan fingerprint density at radius 2 is 2.44 bits per heavy atom. The molecule has 0 amide bonds. The summed E-state index contributed by atoms with van der Waals surface area (Å²) in [4.78, 5) is 17.7. The molecule has 0 N–H and O–H groups in total. The Balaban J connectivity index is 2.63. The van der Waals surface area contributed by atoms with E-state index in [1.54, 1.807) is 18.5 Å². The molecule has 0 saturated carbocycles. The molecule has 0 bridgehead atoms. The fourth-order valence-corrected chi connectivity index (χ4v) is 1.14. The normalized spacial score (nSPS) is 10.1. The summed E-state index contributed by atoms with van der Waals surface area (Å²) in [6.45, 7) is 1.94. The first-order chi connectivity index (χ1) is 7.74. The van der Waals surface area contributed by atoms with Crippen LogP contribution in [0.3, 0.4) is 0 Å². The van der Waals surface area contributed by atoms with Crippen molar-refractivity contribution in [3.05, 3.63) is 46.1 Å². The first-order valence-electron chi connectivity index (χ1n) is 4.87. The Bertz CT molecular complexity index is 447. The lowest BCUT2D eigenvalue weighted by Crippen LogP contribution is -1.93. The van der Waals surface area contributed by atoms with E-state index in [2.05, 4.69) is 15.0 Å². The highest BCUT2D eigenvalue weighted by Gasteiger charge is 1.98. The molecule has 5 heteroatoms. The predicted molar refractivity (Wildman–Crippen MR) is 61.9 cm³/mol. The van der Waals surface area contributed by atoms with Crippen LogP contribution in [0.5, 0.6) is 0 Å². The minimum absolute atomic E-state index is 0.00293. The first-order valence-corrected chi connectivity index (χ1v) is 4.87. The Labute approximate surface area is 93.4 Å². The zero-order chi connectivity index (χ0) is 11.8. The second-order valence-corrected chi connectivity index (χ2v) is 3.21. The number of azide groups is 1. The lowest BCUT2D eigenvalue weighted by molar-refractivity contribution is 0.101. The molecule has 0 saturated heterocycles. The third-order valence-electron chi connectivity index (χ3n) is 1.94. The highest BCUT2D eigenvalue weighted by Crippen LogP contribution is 2.06. The predicted octanol–water partition coefficient (Wildman–Crippen LogP) is 3.00. The van der Waals surface area contributed by atoms with E-state index >= 15 is 0 Å². The molecule has 1 aromatic heterocycles. The number of rotatable bonds is 5. The van der Waals surface area contributed by atoms with Gasteiger partial charge in [0.15, 0.2) is 5.78 Å². The second-order valence-electron chi connectivity index (χ2n) is 3.21. The highest BCUT2D eigenvalue weighted by atomic mass is 16.1. The summed E-state index contributed by atoms with van der Waals surface area (Å²) in [7, 11) is 0. The SMILES string of the molecule is CC(=O)c1cncc(C=CCCN=[N+]=[N-])c1. The Hall–Kier alpha value is -2.13. The van der Waals surface area contributed by atoms with Crippen LogP contribution in [-0.2, 0) is 0 Å². The molecule has 16 heavy (non-hydrogen) atoms. The standard InChI is InChI=1S/C11H12N4O/c1-9(16)11-6-10(7-13-8-11)4-2-3-5-14-15-12/h2,4,6-8H,3,5H2,1H3. The van der Waals surface area contributed by atoms with Crippen LogP contribution >= 0.6 is 0 Å². The number of ketones is 1. The number of pyridine rings is 1. The minimum atomic E-state index is -0.00293. The molecule has 0 fully saturated rings. The Morgan fingerprint density at radius 1 is 1.62 bits per heavy atom. The van der Waals surface area contributed by atoms with Gasteiger partial charge in [0.1, 0.15) is 0 Å². The number of nitrogens with zero attached hydrogens (tertiary/aromatic N) is 4. The molecule has 1 aromatic rings. The van der Waals surface area contributed by atoms with Gasteiger partial charge in [-0.15, -0.1) is 0 Å². The number of carbonyl (C=O) groups excluding carboxylic acids is 1. The maximum absolute atomic E-state index is 11.1. The van der Waals surface area contributed by atoms with E-state index in [0.29, 0.717) is 18.5 Å². The minimum Gasteiger partial charge on any atom is -0.294 e. The van der Waals surface area contributed by atoms with E-state index in [1.165, 1.54) is 6.92 Å². The average molecular weight is 216 g/mol. The monoisotopic (exact) mass is 216 g/mol. The van der Waals surface area contributed by atoms with Gasteiger partial charge in [0, 0.05) is 29.4 Å². The van der Waals surface area contributed by atoms with Crippen LogP contribution in [0.25, 0.3) is 16.5 Å². The van der Waals surface area contributed by atoms with E-state index in [-0.39, 0.29) is 5.78 Å². The lowest BCUT2D eigenvalue weighted by Gasteiger charge is -1.96. The zero-order valence-corrected chi connectivity index (χ0v) is 9.00. The van der Waals surface area contributed by atoms with Gasteiger partial charge in [0.05, 0.1) is 0 Å². The third kappa shape index (κ3) is 3.94. The van der Waals surface area contributed by atoms with Crippen LogP contribution in [0, 0.1) is 0 Å². The van der Waals surface area contributed by atoms with Crippen LogP contribution < -0.4 is 0 Å². The molecule has 0 atom stereocenters. The van der Waals surface area contributed by atoms with E-state index in [1.807, 2.05) is 12.2 Å². The maximum atomic E-state index is 11.1. The van der Waals surface area contributed by atoms with Crippen LogP contribution in [0.1, 0.15) is 29.3 Å². The quantitative estimate of drug-likeness (QED) is 0.249. The van der Waals surface area contributed by atoms with E-state index in [9.17, 15) is 4.79 Å². The first kappa shape index (κ1) is 11.9. The maximum Gasteiger partial charge on any atom is 0.161 e. The number of carbonyl (C=O) groups is 1. The van der Waals surface area contributed by atoms with E-state index in [0.717, 1.165) is 5.56 Å². The fourth-order valence-electron chi connectivity index (χ4n) is 1.14. The summed E-state index contributed by atoms with van der Waals surface area (Å²) < 4.78 is 0. The van der Waals surface area contributed by atoms with Crippen molar-refractivity contribution in [2.45, 2.75) is 13.3 Å². The molecule has 0 unspecified atom stereocenters. The topological polar surface area (TPSA) is 78.7 Å². The van der Waals surface area contributed by atoms with Crippen molar-refractivity contribution in [2.24, 2.45) is 5.11 Å². The van der Waals surface area contributed by atoms with E-state index < -0.39 is 0 Å². The van der Waals surface area contributed by atoms with Crippen LogP contribution in [0.2, 0.25) is 0 Å². The number of Topliss-reactive ketones (excluding diaryl/α,β-unsaturated/α-hetero) is 1. The summed E-state index contributed by atoms with van der Waals surface area (Å²) in [5, 5.41) is 3.41. The van der Waals surface area contributed by atoms with Crippen molar-refractivity contribution in [3.63, 3.8) is 0 Å². The van der Waals surface area contributed by atoms with Crippen molar-refractivity contribution in [3.8, 4) is 0 Å². The lowest BCUT2D eigenvalue weighted by atomic mass is 10.1. The molecule has 1 heterocycles. The van der Waals surface area contributed by atoms with Crippen molar-refractivity contribution < 1.29 is 4.79 Å². The smallest absolute Gasteiger partial charge is 0.161 e. The largest absolute Gasteiger partial charge is 0.294 e. The molecule has 0 radical (unpaired) electrons. The van der Waals surface area contributed by atoms with Gasteiger partial charge in [-0.1, -0.05) is 17.3 Å². The molecular formula is C11H12N4O. The third-order valence-corrected chi connectivity index (χ3v) is 1.94. The van der Waals surface area contributed by atoms with Crippen molar-refractivity contribution in [1.29, 1.82) is 0 Å². The molecular weight excluding hydrogens is 204 g/mol. The fraction of sp³-hybridized carbons (Fsp3) is 0.273. The molecule has 0 aliphatic carbocycles. The van der Waals surface area contributed by atoms with Gasteiger partial charge in [-0.05, 0) is 30.5 Å². The van der Waals surface area contributed by atoms with Gasteiger partial charge in [0.2, 0.25) is 0 Å². The molecule has 0 aliphatic rings. The van der Waals surface area contributed by atoms with Gasteiger partial charge in [-0.25, -0.2) is 0 Å². The van der Waals surface area contributed by atoms with Crippen LogP contribution in [-0.4, -0.2) is 17.3 Å². The van der Waals surface area contributed by atoms with Gasteiger partial charge < -0.3 is 0 Å². The highest BCUT2D eigenvalue weighted by molar-refractivity contribution is 5.94. The van der Waals surface area contributed by atoms with Gasteiger partial charge in [-0.3, -0.25) is 9.78 Å². The Morgan fingerprint density at radius 3 is 3.12 bits per heavy atom.